The van der Waals surface area contributed by atoms with Crippen LogP contribution in [0.3, 0.4) is 0 Å². The molecule has 1 atom stereocenters. The van der Waals surface area contributed by atoms with Crippen molar-refractivity contribution in [3.05, 3.63) is 11.9 Å². The molecule has 0 N–H and O–H groups in total. The second-order valence-corrected chi connectivity index (χ2v) is 6.91. The summed E-state index contributed by atoms with van der Waals surface area (Å²) in [6.07, 6.45) is 5.86. The normalized spacial score (nSPS) is 19.0. The van der Waals surface area contributed by atoms with Crippen LogP contribution in [0.4, 0.5) is 0 Å². The van der Waals surface area contributed by atoms with E-state index in [2.05, 4.69) is 31.0 Å². The molecule has 0 aromatic carbocycles. The number of piperidine rings is 1. The van der Waals surface area contributed by atoms with E-state index in [9.17, 15) is 4.79 Å². The van der Waals surface area contributed by atoms with Crippen molar-refractivity contribution < 1.29 is 4.79 Å². The van der Waals surface area contributed by atoms with E-state index < -0.39 is 0 Å². The second-order valence-electron chi connectivity index (χ2n) is 6.91. The summed E-state index contributed by atoms with van der Waals surface area (Å²) in [5, 5.41) is 9.08. The number of likely N-dealkylation sites (tertiary alicyclic amines) is 1. The van der Waals surface area contributed by atoms with E-state index in [4.69, 9.17) is 0 Å². The Bertz CT molecular complexity index is 699. The van der Waals surface area contributed by atoms with Gasteiger partial charge in [-0.25, -0.2) is 0 Å². The first-order valence-corrected chi connectivity index (χ1v) is 8.69. The monoisotopic (exact) mass is 317 g/mol. The van der Waals surface area contributed by atoms with Gasteiger partial charge < -0.3 is 4.90 Å². The van der Waals surface area contributed by atoms with Crippen LogP contribution in [-0.4, -0.2) is 43.0 Å². The molecule has 1 saturated heterocycles. The van der Waals surface area contributed by atoms with Gasteiger partial charge in [-0.1, -0.05) is 0 Å². The number of carbonyl (C=O) groups is 1. The summed E-state index contributed by atoms with van der Waals surface area (Å²) in [7, 11) is 0. The number of carbonyl (C=O) groups excluding carboxylic acids is 1. The van der Waals surface area contributed by atoms with E-state index in [0.29, 0.717) is 25.0 Å². The third-order valence-corrected chi connectivity index (χ3v) is 4.82. The van der Waals surface area contributed by atoms with E-state index in [1.807, 2.05) is 27.4 Å². The van der Waals surface area contributed by atoms with Crippen molar-refractivity contribution in [3.63, 3.8) is 0 Å². The summed E-state index contributed by atoms with van der Waals surface area (Å²) in [6, 6.07) is 0.680. The minimum atomic E-state index is 0.245. The summed E-state index contributed by atoms with van der Waals surface area (Å²) in [6.45, 7) is 9.91. The third-order valence-electron chi connectivity index (χ3n) is 4.82. The van der Waals surface area contributed by atoms with Crippen LogP contribution in [0.1, 0.15) is 58.2 Å². The fourth-order valence-electron chi connectivity index (χ4n) is 3.56. The minimum absolute atomic E-state index is 0.245. The Morgan fingerprint density at radius 3 is 2.87 bits per heavy atom. The number of aromatic nitrogens is 4. The smallest absolute Gasteiger partial charge is 0.224 e. The van der Waals surface area contributed by atoms with Crippen molar-refractivity contribution in [2.24, 2.45) is 0 Å². The lowest BCUT2D eigenvalue weighted by atomic mass is 10.0. The van der Waals surface area contributed by atoms with E-state index in [0.717, 1.165) is 36.1 Å². The average Bonchev–Trinajstić information content (AvgIpc) is 3.07. The maximum Gasteiger partial charge on any atom is 0.224 e. The highest BCUT2D eigenvalue weighted by Crippen LogP contribution is 2.22. The molecule has 126 valence electrons. The average molecular weight is 317 g/mol. The van der Waals surface area contributed by atoms with Gasteiger partial charge in [-0.2, -0.15) is 10.2 Å². The molecule has 0 spiro atoms. The highest BCUT2D eigenvalue weighted by Gasteiger charge is 2.23. The molecular formula is C17H27N5O. The molecule has 0 radical (unpaired) electrons. The molecule has 2 aromatic heterocycles. The maximum atomic E-state index is 12.5. The SMILES string of the molecule is Cc1nn(C(C)C)c2cnn(CCC(=O)N3CCCCC3C)c12. The van der Waals surface area contributed by atoms with Gasteiger partial charge in [-0.05, 0) is 47.0 Å². The van der Waals surface area contributed by atoms with Crippen molar-refractivity contribution >= 4 is 16.9 Å². The highest BCUT2D eigenvalue weighted by molar-refractivity contribution is 5.79. The van der Waals surface area contributed by atoms with Gasteiger partial charge in [0, 0.05) is 25.0 Å². The van der Waals surface area contributed by atoms with Crippen molar-refractivity contribution in [3.8, 4) is 0 Å². The predicted octanol–water partition coefficient (Wildman–Crippen LogP) is 2.91. The Kier molecular flexibility index (Phi) is 4.41. The van der Waals surface area contributed by atoms with Crippen LogP contribution >= 0.6 is 0 Å². The Morgan fingerprint density at radius 2 is 2.17 bits per heavy atom. The molecule has 0 saturated carbocycles. The first kappa shape index (κ1) is 16.0. The number of hydrogen-bond acceptors (Lipinski definition) is 3. The fraction of sp³-hybridized carbons (Fsp3) is 0.706. The van der Waals surface area contributed by atoms with Crippen molar-refractivity contribution in [2.75, 3.05) is 6.54 Å². The van der Waals surface area contributed by atoms with Crippen LogP contribution in [0.15, 0.2) is 6.20 Å². The second kappa shape index (κ2) is 6.34. The zero-order chi connectivity index (χ0) is 16.6. The van der Waals surface area contributed by atoms with Gasteiger partial charge in [-0.3, -0.25) is 14.2 Å². The molecule has 0 aliphatic carbocycles. The Labute approximate surface area is 137 Å². The Balaban J connectivity index is 1.73. The van der Waals surface area contributed by atoms with Gasteiger partial charge >= 0.3 is 0 Å². The van der Waals surface area contributed by atoms with Gasteiger partial charge in [-0.15, -0.1) is 0 Å². The number of fused-ring (bicyclic) bond motifs is 1. The largest absolute Gasteiger partial charge is 0.340 e. The van der Waals surface area contributed by atoms with Gasteiger partial charge in [0.15, 0.2) is 0 Å². The zero-order valence-electron chi connectivity index (χ0n) is 14.6. The standard InChI is InChI=1S/C17H27N5O/c1-12(2)22-15-11-18-21(17(15)14(4)19-22)10-8-16(23)20-9-6-5-7-13(20)3/h11-13H,5-10H2,1-4H3. The summed E-state index contributed by atoms with van der Waals surface area (Å²) >= 11 is 0. The van der Waals surface area contributed by atoms with E-state index >= 15 is 0 Å². The number of nitrogens with zero attached hydrogens (tertiary/aromatic N) is 5. The molecule has 1 fully saturated rings. The van der Waals surface area contributed by atoms with Crippen molar-refractivity contribution in [1.82, 2.24) is 24.5 Å². The Morgan fingerprint density at radius 1 is 1.39 bits per heavy atom. The Hall–Kier alpha value is -1.85. The van der Waals surface area contributed by atoms with E-state index in [1.165, 1.54) is 6.42 Å². The molecule has 1 amide bonds. The molecule has 2 aromatic rings. The lowest BCUT2D eigenvalue weighted by Gasteiger charge is -2.33. The molecule has 1 aliphatic heterocycles. The quantitative estimate of drug-likeness (QED) is 0.871. The summed E-state index contributed by atoms with van der Waals surface area (Å²) in [5.74, 6) is 0.245. The van der Waals surface area contributed by atoms with Gasteiger partial charge in [0.05, 0.1) is 18.4 Å². The van der Waals surface area contributed by atoms with Crippen LogP contribution in [0.25, 0.3) is 11.0 Å². The summed E-state index contributed by atoms with van der Waals surface area (Å²) in [4.78, 5) is 14.5. The van der Waals surface area contributed by atoms with Crippen LogP contribution in [0.5, 0.6) is 0 Å². The number of hydrogen-bond donors (Lipinski definition) is 0. The maximum absolute atomic E-state index is 12.5. The van der Waals surface area contributed by atoms with Gasteiger partial charge in [0.2, 0.25) is 5.91 Å². The third kappa shape index (κ3) is 2.99. The molecule has 6 nitrogen and oxygen atoms in total. The van der Waals surface area contributed by atoms with Gasteiger partial charge in [0.25, 0.3) is 0 Å². The molecule has 6 heteroatoms. The molecule has 0 bridgehead atoms. The van der Waals surface area contributed by atoms with Crippen LogP contribution in [0.2, 0.25) is 0 Å². The first-order valence-electron chi connectivity index (χ1n) is 8.69. The summed E-state index contributed by atoms with van der Waals surface area (Å²) in [5.41, 5.74) is 3.08. The number of rotatable bonds is 4. The van der Waals surface area contributed by atoms with E-state index in [1.54, 1.807) is 0 Å². The van der Waals surface area contributed by atoms with Crippen molar-refractivity contribution in [1.29, 1.82) is 0 Å². The summed E-state index contributed by atoms with van der Waals surface area (Å²) < 4.78 is 3.94. The fourth-order valence-corrected chi connectivity index (χ4v) is 3.56. The topological polar surface area (TPSA) is 56.0 Å². The van der Waals surface area contributed by atoms with Crippen molar-refractivity contribution in [2.45, 2.75) is 72.0 Å². The van der Waals surface area contributed by atoms with Crippen LogP contribution < -0.4 is 0 Å². The lowest BCUT2D eigenvalue weighted by Crippen LogP contribution is -2.42. The van der Waals surface area contributed by atoms with Crippen LogP contribution in [0, 0.1) is 6.92 Å². The number of aryl methyl sites for hydroxylation is 2. The molecule has 1 unspecified atom stereocenters. The molecule has 3 rings (SSSR count). The minimum Gasteiger partial charge on any atom is -0.340 e. The highest BCUT2D eigenvalue weighted by atomic mass is 16.2. The predicted molar refractivity (Wildman–Crippen MR) is 90.3 cm³/mol. The van der Waals surface area contributed by atoms with Gasteiger partial charge in [0.1, 0.15) is 11.0 Å². The molecule has 1 aliphatic rings. The molecule has 3 heterocycles. The zero-order valence-corrected chi connectivity index (χ0v) is 14.6. The van der Waals surface area contributed by atoms with Crippen LogP contribution in [-0.2, 0) is 11.3 Å². The first-order chi connectivity index (χ1) is 11.0. The number of amides is 1. The van der Waals surface area contributed by atoms with E-state index in [-0.39, 0.29) is 5.91 Å². The molecule has 23 heavy (non-hydrogen) atoms. The lowest BCUT2D eigenvalue weighted by molar-refractivity contribution is -0.134. The molecular weight excluding hydrogens is 290 g/mol.